The smallest absolute Gasteiger partial charge is 0.409 e. The highest BCUT2D eigenvalue weighted by Crippen LogP contribution is 2.26. The average molecular weight is 456 g/mol. The maximum Gasteiger partial charge on any atom is 0.409 e. The molecule has 2 aliphatic rings. The molecule has 0 bridgehead atoms. The second-order valence-electron chi connectivity index (χ2n) is 9.78. The molecule has 1 aromatic heterocycles. The van der Waals surface area contributed by atoms with Gasteiger partial charge < -0.3 is 19.9 Å². The van der Waals surface area contributed by atoms with Crippen molar-refractivity contribution in [2.24, 2.45) is 13.0 Å². The summed E-state index contributed by atoms with van der Waals surface area (Å²) >= 11 is 0. The molecule has 2 fully saturated rings. The van der Waals surface area contributed by atoms with Gasteiger partial charge in [0, 0.05) is 50.3 Å². The van der Waals surface area contributed by atoms with Gasteiger partial charge in [0.25, 0.3) is 5.91 Å². The van der Waals surface area contributed by atoms with E-state index in [0.717, 1.165) is 24.0 Å². The van der Waals surface area contributed by atoms with Crippen molar-refractivity contribution in [1.82, 2.24) is 20.0 Å². The molecule has 2 saturated heterocycles. The zero-order valence-corrected chi connectivity index (χ0v) is 20.2. The highest BCUT2D eigenvalue weighted by molar-refractivity contribution is 6.05. The first kappa shape index (κ1) is 23.4. The van der Waals surface area contributed by atoms with Crippen LogP contribution in [-0.4, -0.2) is 65.5 Å². The van der Waals surface area contributed by atoms with Crippen LogP contribution in [0.4, 0.5) is 10.5 Å². The minimum Gasteiger partial charge on any atom is -0.449 e. The molecule has 0 saturated carbocycles. The Hall–Kier alpha value is -2.77. The lowest BCUT2D eigenvalue weighted by Crippen LogP contribution is -2.47. The molecule has 0 spiro atoms. The molecule has 0 radical (unpaired) electrons. The van der Waals surface area contributed by atoms with E-state index in [4.69, 9.17) is 4.74 Å². The van der Waals surface area contributed by atoms with E-state index in [1.165, 1.54) is 31.4 Å². The molecule has 8 heteroatoms. The number of likely N-dealkylation sites (tertiary alicyclic amines) is 1. The van der Waals surface area contributed by atoms with Crippen LogP contribution in [-0.2, 0) is 11.8 Å². The largest absolute Gasteiger partial charge is 0.449 e. The van der Waals surface area contributed by atoms with E-state index in [1.807, 2.05) is 27.0 Å². The first-order valence-corrected chi connectivity index (χ1v) is 12.4. The molecule has 2 aromatic rings. The minimum absolute atomic E-state index is 0.0279. The Morgan fingerprint density at radius 3 is 2.45 bits per heavy atom. The van der Waals surface area contributed by atoms with Crippen molar-refractivity contribution in [3.05, 3.63) is 23.9 Å². The van der Waals surface area contributed by atoms with Gasteiger partial charge in [0.15, 0.2) is 5.69 Å². The highest BCUT2D eigenvalue weighted by atomic mass is 16.6. The third-order valence-corrected chi connectivity index (χ3v) is 6.65. The number of benzene rings is 1. The van der Waals surface area contributed by atoms with Crippen LogP contribution < -0.4 is 10.2 Å². The SMILES string of the molecule is CC(C)COC(=O)N1CCC(NC(=O)c2nn(C)c3cc(N4CCCCCC4)ccc23)CC1. The third-order valence-electron chi connectivity index (χ3n) is 6.65. The second-order valence-corrected chi connectivity index (χ2v) is 9.78. The maximum atomic E-state index is 13.1. The second kappa shape index (κ2) is 10.4. The molecular formula is C25H37N5O3. The molecule has 3 heterocycles. The van der Waals surface area contributed by atoms with E-state index in [-0.39, 0.29) is 18.0 Å². The molecular weight excluding hydrogens is 418 g/mol. The number of rotatable bonds is 5. The summed E-state index contributed by atoms with van der Waals surface area (Å²) in [7, 11) is 1.90. The van der Waals surface area contributed by atoms with Crippen LogP contribution in [0, 0.1) is 5.92 Å². The Bertz CT molecular complexity index is 970. The number of fused-ring (bicyclic) bond motifs is 1. The Morgan fingerprint density at radius 2 is 1.79 bits per heavy atom. The van der Waals surface area contributed by atoms with Crippen molar-refractivity contribution in [1.29, 1.82) is 0 Å². The molecule has 2 amide bonds. The number of nitrogens with zero attached hydrogens (tertiary/aromatic N) is 4. The summed E-state index contributed by atoms with van der Waals surface area (Å²) in [4.78, 5) is 29.4. The number of anilines is 1. The molecule has 0 unspecified atom stereocenters. The van der Waals surface area contributed by atoms with Gasteiger partial charge in [-0.1, -0.05) is 26.7 Å². The van der Waals surface area contributed by atoms with Crippen LogP contribution in [0.1, 0.15) is 62.9 Å². The number of nitrogens with one attached hydrogen (secondary N) is 1. The zero-order chi connectivity index (χ0) is 23.4. The number of aryl methyl sites for hydroxylation is 1. The quantitative estimate of drug-likeness (QED) is 0.739. The van der Waals surface area contributed by atoms with Crippen molar-refractivity contribution in [3.63, 3.8) is 0 Å². The average Bonchev–Trinajstić information content (AvgIpc) is 2.97. The monoisotopic (exact) mass is 455 g/mol. The van der Waals surface area contributed by atoms with Gasteiger partial charge in [0.1, 0.15) is 0 Å². The number of hydrogen-bond donors (Lipinski definition) is 1. The summed E-state index contributed by atoms with van der Waals surface area (Å²) < 4.78 is 7.13. The normalized spacial score (nSPS) is 17.9. The Morgan fingerprint density at radius 1 is 1.09 bits per heavy atom. The van der Waals surface area contributed by atoms with Crippen molar-refractivity contribution >= 4 is 28.6 Å². The number of amides is 2. The third kappa shape index (κ3) is 5.60. The molecule has 8 nitrogen and oxygen atoms in total. The number of carbonyl (C=O) groups is 2. The first-order chi connectivity index (χ1) is 15.9. The van der Waals surface area contributed by atoms with E-state index in [2.05, 4.69) is 27.4 Å². The summed E-state index contributed by atoms with van der Waals surface area (Å²) in [5, 5.41) is 8.56. The van der Waals surface area contributed by atoms with Gasteiger partial charge in [-0.15, -0.1) is 0 Å². The summed E-state index contributed by atoms with van der Waals surface area (Å²) in [6, 6.07) is 6.34. The predicted octanol–water partition coefficient (Wildman–Crippen LogP) is 3.94. The molecule has 0 atom stereocenters. The Balaban J connectivity index is 1.38. The molecule has 2 aliphatic heterocycles. The number of aromatic nitrogens is 2. The molecule has 1 aromatic carbocycles. The van der Waals surface area contributed by atoms with E-state index >= 15 is 0 Å². The molecule has 1 N–H and O–H groups in total. The summed E-state index contributed by atoms with van der Waals surface area (Å²) in [5.41, 5.74) is 2.65. The fourth-order valence-electron chi connectivity index (χ4n) is 4.73. The van der Waals surface area contributed by atoms with E-state index in [9.17, 15) is 9.59 Å². The molecule has 180 valence electrons. The van der Waals surface area contributed by atoms with E-state index in [0.29, 0.717) is 44.1 Å². The first-order valence-electron chi connectivity index (χ1n) is 12.4. The standard InChI is InChI=1S/C25H37N5O3/c1-18(2)17-33-25(32)30-14-10-19(11-15-30)26-24(31)23-21-9-8-20(16-22(21)28(3)27-23)29-12-6-4-5-7-13-29/h8-9,16,18-19H,4-7,10-15,17H2,1-3H3,(H,26,31). The summed E-state index contributed by atoms with van der Waals surface area (Å²) in [5.74, 6) is 0.170. The van der Waals surface area contributed by atoms with Crippen LogP contribution in [0.3, 0.4) is 0 Å². The molecule has 0 aliphatic carbocycles. The lowest BCUT2D eigenvalue weighted by Gasteiger charge is -2.31. The zero-order valence-electron chi connectivity index (χ0n) is 20.2. The van der Waals surface area contributed by atoms with Crippen molar-refractivity contribution in [3.8, 4) is 0 Å². The summed E-state index contributed by atoms with van der Waals surface area (Å²) in [6.07, 6.45) is 6.22. The van der Waals surface area contributed by atoms with Gasteiger partial charge >= 0.3 is 6.09 Å². The van der Waals surface area contributed by atoms with E-state index < -0.39 is 0 Å². The van der Waals surface area contributed by atoms with Gasteiger partial charge in [0.2, 0.25) is 0 Å². The lowest BCUT2D eigenvalue weighted by molar-refractivity contribution is 0.0784. The van der Waals surface area contributed by atoms with Crippen LogP contribution in [0.5, 0.6) is 0 Å². The highest BCUT2D eigenvalue weighted by Gasteiger charge is 2.26. The van der Waals surface area contributed by atoms with Crippen LogP contribution in [0.15, 0.2) is 18.2 Å². The molecule has 33 heavy (non-hydrogen) atoms. The van der Waals surface area contributed by atoms with Gasteiger partial charge in [-0.25, -0.2) is 4.79 Å². The van der Waals surface area contributed by atoms with Crippen molar-refractivity contribution in [2.75, 3.05) is 37.7 Å². The minimum atomic E-state index is -0.260. The lowest BCUT2D eigenvalue weighted by atomic mass is 10.0. The number of carbonyl (C=O) groups excluding carboxylic acids is 2. The maximum absolute atomic E-state index is 13.1. The van der Waals surface area contributed by atoms with Gasteiger partial charge in [0.05, 0.1) is 12.1 Å². The Labute approximate surface area is 196 Å². The summed E-state index contributed by atoms with van der Waals surface area (Å²) in [6.45, 7) is 7.81. The Kier molecular flexibility index (Phi) is 7.40. The fraction of sp³-hybridized carbons (Fsp3) is 0.640. The number of piperidine rings is 1. The molecule has 4 rings (SSSR count). The van der Waals surface area contributed by atoms with Crippen molar-refractivity contribution in [2.45, 2.75) is 58.4 Å². The van der Waals surface area contributed by atoms with E-state index in [1.54, 1.807) is 9.58 Å². The van der Waals surface area contributed by atoms with Crippen LogP contribution in [0.2, 0.25) is 0 Å². The number of hydrogen-bond acceptors (Lipinski definition) is 5. The number of ether oxygens (including phenoxy) is 1. The van der Waals surface area contributed by atoms with Crippen LogP contribution >= 0.6 is 0 Å². The van der Waals surface area contributed by atoms with Crippen molar-refractivity contribution < 1.29 is 14.3 Å². The van der Waals surface area contributed by atoms with Gasteiger partial charge in [-0.05, 0) is 49.8 Å². The predicted molar refractivity (Wildman–Crippen MR) is 130 cm³/mol. The van der Waals surface area contributed by atoms with Gasteiger partial charge in [-0.2, -0.15) is 5.10 Å². The van der Waals surface area contributed by atoms with Gasteiger partial charge in [-0.3, -0.25) is 9.48 Å². The fourth-order valence-corrected chi connectivity index (χ4v) is 4.73. The topological polar surface area (TPSA) is 79.7 Å². The van der Waals surface area contributed by atoms with Crippen LogP contribution in [0.25, 0.3) is 10.9 Å².